The number of carbonyl (C=O) groups excluding carboxylic acids is 1. The molecule has 1 aromatic rings. The minimum Gasteiger partial charge on any atom is -0.340 e. The number of carbonyl (C=O) groups is 1. The first-order valence-electron chi connectivity index (χ1n) is 5.98. The number of halogens is 1. The molecule has 0 saturated heterocycles. The third-order valence-corrected chi connectivity index (χ3v) is 3.06. The van der Waals surface area contributed by atoms with Gasteiger partial charge in [-0.3, -0.25) is 4.79 Å². The molecule has 0 N–H and O–H groups in total. The lowest BCUT2D eigenvalue weighted by Crippen LogP contribution is -2.41. The van der Waals surface area contributed by atoms with E-state index in [2.05, 4.69) is 18.8 Å². The van der Waals surface area contributed by atoms with Gasteiger partial charge in [-0.15, -0.1) is 11.6 Å². The average Bonchev–Trinajstić information content (AvgIpc) is 2.75. The van der Waals surface area contributed by atoms with Crippen molar-refractivity contribution in [3.8, 4) is 0 Å². The molecule has 0 aliphatic rings. The smallest absolute Gasteiger partial charge is 0.274 e. The average molecular weight is 258 g/mol. The predicted octanol–water partition coefficient (Wildman–Crippen LogP) is 2.29. The van der Waals surface area contributed by atoms with E-state index in [9.17, 15) is 4.79 Å². The van der Waals surface area contributed by atoms with Crippen molar-refractivity contribution >= 4 is 17.5 Å². The summed E-state index contributed by atoms with van der Waals surface area (Å²) in [7, 11) is 1.85. The van der Waals surface area contributed by atoms with Gasteiger partial charge in [-0.25, -0.2) is 4.98 Å². The maximum atomic E-state index is 12.3. The second kappa shape index (κ2) is 6.64. The zero-order valence-electron chi connectivity index (χ0n) is 10.7. The molecule has 0 aliphatic heterocycles. The standard InChI is InChI=1S/C12H20ClN3O/c1-4-10(5-2)16(7-6-13)12(17)11-8-15(3)9-14-11/h8-10H,4-7H2,1-3H3. The molecule has 0 aliphatic carbocycles. The van der Waals surface area contributed by atoms with Crippen LogP contribution in [0.4, 0.5) is 0 Å². The molecule has 4 nitrogen and oxygen atoms in total. The summed E-state index contributed by atoms with van der Waals surface area (Å²) in [6, 6.07) is 0.239. The van der Waals surface area contributed by atoms with Crippen LogP contribution in [-0.2, 0) is 7.05 Å². The number of alkyl halides is 1. The monoisotopic (exact) mass is 257 g/mol. The summed E-state index contributed by atoms with van der Waals surface area (Å²) < 4.78 is 1.78. The molecule has 0 bridgehead atoms. The topological polar surface area (TPSA) is 38.1 Å². The van der Waals surface area contributed by atoms with Gasteiger partial charge < -0.3 is 9.47 Å². The lowest BCUT2D eigenvalue weighted by molar-refractivity contribution is 0.0676. The molecule has 1 heterocycles. The number of rotatable bonds is 6. The zero-order chi connectivity index (χ0) is 12.8. The van der Waals surface area contributed by atoms with Crippen molar-refractivity contribution in [2.75, 3.05) is 12.4 Å². The third kappa shape index (κ3) is 3.46. The summed E-state index contributed by atoms with van der Waals surface area (Å²) in [4.78, 5) is 18.2. The van der Waals surface area contributed by atoms with E-state index >= 15 is 0 Å². The molecule has 5 heteroatoms. The molecule has 17 heavy (non-hydrogen) atoms. The third-order valence-electron chi connectivity index (χ3n) is 2.89. The molecule has 0 saturated carbocycles. The van der Waals surface area contributed by atoms with Gasteiger partial charge in [0, 0.05) is 31.7 Å². The van der Waals surface area contributed by atoms with Gasteiger partial charge in [0.1, 0.15) is 5.69 Å². The van der Waals surface area contributed by atoms with Crippen LogP contribution in [0.3, 0.4) is 0 Å². The maximum Gasteiger partial charge on any atom is 0.274 e. The first kappa shape index (κ1) is 14.0. The Morgan fingerprint density at radius 2 is 2.18 bits per heavy atom. The number of aryl methyl sites for hydroxylation is 1. The first-order valence-corrected chi connectivity index (χ1v) is 6.52. The molecule has 0 radical (unpaired) electrons. The Hall–Kier alpha value is -1.03. The van der Waals surface area contributed by atoms with E-state index in [4.69, 9.17) is 11.6 Å². The number of amides is 1. The van der Waals surface area contributed by atoms with Gasteiger partial charge in [0.05, 0.1) is 6.33 Å². The van der Waals surface area contributed by atoms with Crippen LogP contribution >= 0.6 is 11.6 Å². The summed E-state index contributed by atoms with van der Waals surface area (Å²) in [6.45, 7) is 4.74. The van der Waals surface area contributed by atoms with Crippen molar-refractivity contribution in [1.29, 1.82) is 0 Å². The highest BCUT2D eigenvalue weighted by molar-refractivity contribution is 6.18. The molecule has 0 aromatic carbocycles. The molecule has 0 spiro atoms. The lowest BCUT2D eigenvalue weighted by atomic mass is 10.1. The minimum absolute atomic E-state index is 0.0278. The van der Waals surface area contributed by atoms with Gasteiger partial charge >= 0.3 is 0 Å². The summed E-state index contributed by atoms with van der Waals surface area (Å²) in [5.41, 5.74) is 0.490. The molecule has 96 valence electrons. The molecular formula is C12H20ClN3O. The number of hydrogen-bond donors (Lipinski definition) is 0. The van der Waals surface area contributed by atoms with Crippen molar-refractivity contribution in [1.82, 2.24) is 14.5 Å². The molecule has 1 aromatic heterocycles. The number of hydrogen-bond acceptors (Lipinski definition) is 2. The maximum absolute atomic E-state index is 12.3. The largest absolute Gasteiger partial charge is 0.340 e. The number of imidazole rings is 1. The van der Waals surface area contributed by atoms with Crippen LogP contribution < -0.4 is 0 Å². The van der Waals surface area contributed by atoms with Crippen LogP contribution in [0.2, 0.25) is 0 Å². The van der Waals surface area contributed by atoms with Gasteiger partial charge in [-0.1, -0.05) is 13.8 Å². The SMILES string of the molecule is CCC(CC)N(CCCl)C(=O)c1cn(C)cn1. The normalized spacial score (nSPS) is 10.9. The quantitative estimate of drug-likeness (QED) is 0.734. The molecular weight excluding hydrogens is 238 g/mol. The second-order valence-electron chi connectivity index (χ2n) is 4.08. The Bertz CT molecular complexity index is 360. The predicted molar refractivity (Wildman–Crippen MR) is 69.3 cm³/mol. The van der Waals surface area contributed by atoms with E-state index in [-0.39, 0.29) is 11.9 Å². The molecule has 0 fully saturated rings. The summed E-state index contributed by atoms with van der Waals surface area (Å²) in [5.74, 6) is 0.426. The highest BCUT2D eigenvalue weighted by Gasteiger charge is 2.23. The van der Waals surface area contributed by atoms with Crippen LogP contribution in [0.25, 0.3) is 0 Å². The van der Waals surface area contributed by atoms with Crippen molar-refractivity contribution in [2.45, 2.75) is 32.7 Å². The Morgan fingerprint density at radius 1 is 1.53 bits per heavy atom. The number of nitrogens with zero attached hydrogens (tertiary/aromatic N) is 3. The summed E-state index contributed by atoms with van der Waals surface area (Å²) in [6.07, 6.45) is 5.25. The molecule has 1 amide bonds. The van der Waals surface area contributed by atoms with Crippen molar-refractivity contribution in [2.24, 2.45) is 7.05 Å². The highest BCUT2D eigenvalue weighted by atomic mass is 35.5. The van der Waals surface area contributed by atoms with Gasteiger partial charge in [0.15, 0.2) is 0 Å². The van der Waals surface area contributed by atoms with E-state index in [1.54, 1.807) is 17.1 Å². The molecule has 0 atom stereocenters. The van der Waals surface area contributed by atoms with Gasteiger partial charge in [-0.05, 0) is 12.8 Å². The molecule has 1 rings (SSSR count). The Kier molecular flexibility index (Phi) is 5.48. The Labute approximate surface area is 108 Å². The van der Waals surface area contributed by atoms with Crippen molar-refractivity contribution < 1.29 is 4.79 Å². The van der Waals surface area contributed by atoms with Gasteiger partial charge in [-0.2, -0.15) is 0 Å². The van der Waals surface area contributed by atoms with Crippen molar-refractivity contribution in [3.63, 3.8) is 0 Å². The van der Waals surface area contributed by atoms with Crippen LogP contribution in [0.1, 0.15) is 37.2 Å². The highest BCUT2D eigenvalue weighted by Crippen LogP contribution is 2.12. The first-order chi connectivity index (χ1) is 8.13. The second-order valence-corrected chi connectivity index (χ2v) is 4.46. The lowest BCUT2D eigenvalue weighted by Gasteiger charge is -2.29. The van der Waals surface area contributed by atoms with Gasteiger partial charge in [0.25, 0.3) is 5.91 Å². The summed E-state index contributed by atoms with van der Waals surface area (Å²) >= 11 is 5.77. The van der Waals surface area contributed by atoms with E-state index in [0.717, 1.165) is 12.8 Å². The van der Waals surface area contributed by atoms with Crippen LogP contribution in [0.5, 0.6) is 0 Å². The van der Waals surface area contributed by atoms with E-state index < -0.39 is 0 Å². The number of aromatic nitrogens is 2. The fourth-order valence-electron chi connectivity index (χ4n) is 1.94. The van der Waals surface area contributed by atoms with E-state index in [1.165, 1.54) is 0 Å². The summed E-state index contributed by atoms with van der Waals surface area (Å²) in [5, 5.41) is 0. The zero-order valence-corrected chi connectivity index (χ0v) is 11.4. The fourth-order valence-corrected chi connectivity index (χ4v) is 2.12. The fraction of sp³-hybridized carbons (Fsp3) is 0.667. The Balaban J connectivity index is 2.86. The van der Waals surface area contributed by atoms with E-state index in [0.29, 0.717) is 18.1 Å². The van der Waals surface area contributed by atoms with Gasteiger partial charge in [0.2, 0.25) is 0 Å². The van der Waals surface area contributed by atoms with Crippen LogP contribution in [0, 0.1) is 0 Å². The van der Waals surface area contributed by atoms with Crippen LogP contribution in [0.15, 0.2) is 12.5 Å². The minimum atomic E-state index is -0.0278. The Morgan fingerprint density at radius 3 is 2.59 bits per heavy atom. The van der Waals surface area contributed by atoms with Crippen LogP contribution in [-0.4, -0.2) is 38.8 Å². The van der Waals surface area contributed by atoms with Crippen molar-refractivity contribution in [3.05, 3.63) is 18.2 Å². The molecule has 0 unspecified atom stereocenters. The van der Waals surface area contributed by atoms with E-state index in [1.807, 2.05) is 11.9 Å².